The van der Waals surface area contributed by atoms with Crippen molar-refractivity contribution in [1.82, 2.24) is 0 Å². The summed E-state index contributed by atoms with van der Waals surface area (Å²) >= 11 is 0. The third-order valence-corrected chi connectivity index (χ3v) is 4.43. The van der Waals surface area contributed by atoms with Crippen LogP contribution < -0.4 is 10.5 Å². The number of carbonyl (C=O) groups excluding carboxylic acids is 2. The monoisotopic (exact) mass is 389 g/mol. The third kappa shape index (κ3) is 5.77. The molecule has 148 valence electrons. The average Bonchev–Trinajstić information content (AvgIpc) is 2.78. The van der Waals surface area contributed by atoms with Crippen molar-refractivity contribution in [2.45, 2.75) is 13.2 Å². The molecule has 3 aromatic carbocycles. The molecular weight excluding hydrogens is 366 g/mol. The first-order chi connectivity index (χ1) is 14.2. The van der Waals surface area contributed by atoms with Crippen LogP contribution in [0.3, 0.4) is 0 Å². The lowest BCUT2D eigenvalue weighted by Gasteiger charge is -2.14. The Bertz CT molecular complexity index is 941. The number of ether oxygens (including phenoxy) is 2. The molecular formula is C24H23NO4. The normalized spacial score (nSPS) is 11.5. The van der Waals surface area contributed by atoms with Crippen LogP contribution in [-0.4, -0.2) is 18.3 Å². The second kappa shape index (κ2) is 10.2. The van der Waals surface area contributed by atoms with E-state index >= 15 is 0 Å². The van der Waals surface area contributed by atoms with Crippen molar-refractivity contribution in [2.24, 2.45) is 11.7 Å². The Hall–Kier alpha value is -3.44. The Kier molecular flexibility index (Phi) is 7.14. The highest BCUT2D eigenvalue weighted by Gasteiger charge is 2.28. The zero-order valence-corrected chi connectivity index (χ0v) is 16.0. The van der Waals surface area contributed by atoms with E-state index in [1.165, 1.54) is 0 Å². The van der Waals surface area contributed by atoms with Gasteiger partial charge in [0.05, 0.1) is 0 Å². The summed E-state index contributed by atoms with van der Waals surface area (Å²) < 4.78 is 11.1. The second-order valence-corrected chi connectivity index (χ2v) is 6.55. The number of nitrogens with two attached hydrogens (primary N) is 1. The lowest BCUT2D eigenvalue weighted by molar-refractivity contribution is -0.147. The van der Waals surface area contributed by atoms with Crippen molar-refractivity contribution in [3.63, 3.8) is 0 Å². The van der Waals surface area contributed by atoms with Crippen LogP contribution in [0.15, 0.2) is 84.9 Å². The number of hydrogen-bond acceptors (Lipinski definition) is 5. The highest BCUT2D eigenvalue weighted by Crippen LogP contribution is 2.19. The first-order valence-electron chi connectivity index (χ1n) is 9.39. The molecule has 2 N–H and O–H groups in total. The number of benzene rings is 3. The molecule has 0 bridgehead atoms. The minimum Gasteiger partial charge on any atom is -0.489 e. The Morgan fingerprint density at radius 3 is 2.03 bits per heavy atom. The maximum absolute atomic E-state index is 12.8. The van der Waals surface area contributed by atoms with Crippen LogP contribution in [0.2, 0.25) is 0 Å². The van der Waals surface area contributed by atoms with E-state index in [-0.39, 0.29) is 18.9 Å². The van der Waals surface area contributed by atoms with Gasteiger partial charge in [0, 0.05) is 12.1 Å². The third-order valence-electron chi connectivity index (χ3n) is 4.43. The maximum Gasteiger partial charge on any atom is 0.318 e. The molecule has 0 fully saturated rings. The first-order valence-corrected chi connectivity index (χ1v) is 9.39. The highest BCUT2D eigenvalue weighted by atomic mass is 16.5. The molecule has 0 aliphatic heterocycles. The number of rotatable bonds is 9. The van der Waals surface area contributed by atoms with E-state index in [9.17, 15) is 9.59 Å². The van der Waals surface area contributed by atoms with Gasteiger partial charge >= 0.3 is 5.97 Å². The molecule has 0 heterocycles. The second-order valence-electron chi connectivity index (χ2n) is 6.55. The van der Waals surface area contributed by atoms with E-state index in [4.69, 9.17) is 15.2 Å². The highest BCUT2D eigenvalue weighted by molar-refractivity contribution is 6.09. The molecule has 0 aliphatic carbocycles. The quantitative estimate of drug-likeness (QED) is 0.342. The summed E-state index contributed by atoms with van der Waals surface area (Å²) in [6.45, 7) is 0.364. The Morgan fingerprint density at radius 2 is 1.41 bits per heavy atom. The van der Waals surface area contributed by atoms with Gasteiger partial charge in [-0.1, -0.05) is 72.8 Å². The molecule has 5 nitrogen and oxygen atoms in total. The number of esters is 1. The fraction of sp³-hybridized carbons (Fsp3) is 0.167. The summed E-state index contributed by atoms with van der Waals surface area (Å²) in [5, 5.41) is 0. The minimum absolute atomic E-state index is 0.101. The predicted octanol–water partition coefficient (Wildman–Crippen LogP) is 3.77. The molecule has 0 spiro atoms. The van der Waals surface area contributed by atoms with Gasteiger partial charge in [0.1, 0.15) is 24.9 Å². The van der Waals surface area contributed by atoms with Gasteiger partial charge in [0.15, 0.2) is 5.78 Å². The van der Waals surface area contributed by atoms with Gasteiger partial charge in [-0.2, -0.15) is 0 Å². The van der Waals surface area contributed by atoms with Crippen LogP contribution in [0.1, 0.15) is 21.5 Å². The van der Waals surface area contributed by atoms with Gasteiger partial charge in [-0.05, 0) is 23.3 Å². The topological polar surface area (TPSA) is 78.6 Å². The molecule has 29 heavy (non-hydrogen) atoms. The Labute approximate surface area is 170 Å². The molecule has 0 aromatic heterocycles. The standard InChI is InChI=1S/C24H23NO4/c25-15-22(24(27)29-17-19-10-5-2-6-11-19)23(26)20-12-7-13-21(14-20)28-16-18-8-3-1-4-9-18/h1-14,22H,15-17,25H2/t22-/m0/s1. The van der Waals surface area contributed by atoms with E-state index in [1.807, 2.05) is 60.7 Å². The van der Waals surface area contributed by atoms with E-state index in [0.717, 1.165) is 11.1 Å². The molecule has 0 unspecified atom stereocenters. The lowest BCUT2D eigenvalue weighted by Crippen LogP contribution is -2.32. The van der Waals surface area contributed by atoms with Gasteiger partial charge < -0.3 is 15.2 Å². The molecule has 0 saturated carbocycles. The average molecular weight is 389 g/mol. The lowest BCUT2D eigenvalue weighted by atomic mass is 9.97. The van der Waals surface area contributed by atoms with Crippen molar-refractivity contribution >= 4 is 11.8 Å². The molecule has 3 aromatic rings. The van der Waals surface area contributed by atoms with E-state index in [2.05, 4.69) is 0 Å². The van der Waals surface area contributed by atoms with Gasteiger partial charge in [0.2, 0.25) is 0 Å². The fourth-order valence-corrected chi connectivity index (χ4v) is 2.82. The number of carbonyl (C=O) groups is 2. The Balaban J connectivity index is 1.63. The van der Waals surface area contributed by atoms with Crippen LogP contribution in [0, 0.1) is 5.92 Å². The molecule has 1 atom stereocenters. The van der Waals surface area contributed by atoms with E-state index < -0.39 is 11.9 Å². The summed E-state index contributed by atoms with van der Waals surface area (Å²) in [5.41, 5.74) is 7.93. The van der Waals surface area contributed by atoms with Crippen molar-refractivity contribution in [1.29, 1.82) is 0 Å². The molecule has 0 aliphatic rings. The number of Topliss-reactive ketones (excluding diaryl/α,β-unsaturated/α-hetero) is 1. The SMILES string of the molecule is NC[C@H](C(=O)OCc1ccccc1)C(=O)c1cccc(OCc2ccccc2)c1. The van der Waals surface area contributed by atoms with E-state index in [0.29, 0.717) is 17.9 Å². The van der Waals surface area contributed by atoms with Crippen LogP contribution in [0.4, 0.5) is 0 Å². The zero-order chi connectivity index (χ0) is 20.5. The summed E-state index contributed by atoms with van der Waals surface area (Å²) in [6.07, 6.45) is 0. The zero-order valence-electron chi connectivity index (χ0n) is 16.0. The summed E-state index contributed by atoms with van der Waals surface area (Å²) in [5.74, 6) is -1.51. The van der Waals surface area contributed by atoms with Gasteiger partial charge in [0.25, 0.3) is 0 Å². The smallest absolute Gasteiger partial charge is 0.318 e. The van der Waals surface area contributed by atoms with Crippen molar-refractivity contribution in [3.8, 4) is 5.75 Å². The molecule has 0 radical (unpaired) electrons. The molecule has 3 rings (SSSR count). The predicted molar refractivity (Wildman–Crippen MR) is 110 cm³/mol. The molecule has 0 amide bonds. The van der Waals surface area contributed by atoms with Crippen LogP contribution in [0.25, 0.3) is 0 Å². The van der Waals surface area contributed by atoms with Crippen molar-refractivity contribution in [3.05, 3.63) is 102 Å². The maximum atomic E-state index is 12.8. The van der Waals surface area contributed by atoms with Gasteiger partial charge in [-0.15, -0.1) is 0 Å². The number of hydrogen-bond donors (Lipinski definition) is 1. The van der Waals surface area contributed by atoms with Gasteiger partial charge in [-0.25, -0.2) is 0 Å². The van der Waals surface area contributed by atoms with Crippen molar-refractivity contribution < 1.29 is 19.1 Å². The largest absolute Gasteiger partial charge is 0.489 e. The Morgan fingerprint density at radius 1 is 0.793 bits per heavy atom. The fourth-order valence-electron chi connectivity index (χ4n) is 2.82. The van der Waals surface area contributed by atoms with Gasteiger partial charge in [-0.3, -0.25) is 9.59 Å². The molecule has 5 heteroatoms. The molecule has 0 saturated heterocycles. The summed E-state index contributed by atoms with van der Waals surface area (Å²) in [6, 6.07) is 25.8. The van der Waals surface area contributed by atoms with Crippen LogP contribution in [-0.2, 0) is 22.7 Å². The van der Waals surface area contributed by atoms with Crippen molar-refractivity contribution in [2.75, 3.05) is 6.54 Å². The number of ketones is 1. The van der Waals surface area contributed by atoms with E-state index in [1.54, 1.807) is 24.3 Å². The summed E-state index contributed by atoms with van der Waals surface area (Å²) in [4.78, 5) is 25.2. The first kappa shape index (κ1) is 20.3. The summed E-state index contributed by atoms with van der Waals surface area (Å²) in [7, 11) is 0. The van der Waals surface area contributed by atoms with Crippen LogP contribution >= 0.6 is 0 Å². The van der Waals surface area contributed by atoms with Crippen LogP contribution in [0.5, 0.6) is 5.75 Å². The minimum atomic E-state index is -1.05.